The van der Waals surface area contributed by atoms with Crippen LogP contribution in [0.1, 0.15) is 5.82 Å². The number of aromatic nitrogens is 4. The maximum atomic E-state index is 5.71. The Morgan fingerprint density at radius 1 is 1.47 bits per heavy atom. The fourth-order valence-electron chi connectivity index (χ4n) is 1.31. The molecule has 2 rings (SSSR count). The van der Waals surface area contributed by atoms with E-state index < -0.39 is 0 Å². The normalized spacial score (nSPS) is 10.7. The zero-order valence-corrected chi connectivity index (χ0v) is 10.4. The lowest BCUT2D eigenvalue weighted by Crippen LogP contribution is -2.01. The summed E-state index contributed by atoms with van der Waals surface area (Å²) in [5.74, 6) is 1.03. The molecule has 2 aromatic rings. The third-order valence-electron chi connectivity index (χ3n) is 1.95. The zero-order valence-electron chi connectivity index (χ0n) is 9.62. The van der Waals surface area contributed by atoms with Crippen molar-refractivity contribution in [1.82, 2.24) is 19.7 Å². The maximum absolute atomic E-state index is 5.71. The van der Waals surface area contributed by atoms with E-state index in [1.54, 1.807) is 24.1 Å². The van der Waals surface area contributed by atoms with Gasteiger partial charge in [-0.25, -0.2) is 9.97 Å². The highest BCUT2D eigenvalue weighted by molar-refractivity contribution is 7.99. The number of rotatable bonds is 4. The van der Waals surface area contributed by atoms with Crippen LogP contribution in [-0.4, -0.2) is 26.9 Å². The van der Waals surface area contributed by atoms with Gasteiger partial charge in [0.25, 0.3) is 0 Å². The van der Waals surface area contributed by atoms with Crippen molar-refractivity contribution < 1.29 is 4.74 Å². The smallest absolute Gasteiger partial charge is 0.157 e. The molecule has 0 saturated heterocycles. The van der Waals surface area contributed by atoms with Gasteiger partial charge in [0.05, 0.1) is 11.1 Å². The van der Waals surface area contributed by atoms with Crippen LogP contribution in [0.3, 0.4) is 0 Å². The predicted molar refractivity (Wildman–Crippen MR) is 64.5 cm³/mol. The molecule has 0 amide bonds. The van der Waals surface area contributed by atoms with Gasteiger partial charge in [-0.15, -0.1) is 0 Å². The Bertz CT molecular complexity index is 513. The molecule has 0 unspecified atom stereocenters. The number of nitrogen functional groups attached to an aromatic ring is 1. The van der Waals surface area contributed by atoms with Crippen LogP contribution in [0.2, 0.25) is 0 Å². The Morgan fingerprint density at radius 3 is 2.94 bits per heavy atom. The summed E-state index contributed by atoms with van der Waals surface area (Å²) in [4.78, 5) is 9.42. The first-order valence-electron chi connectivity index (χ1n) is 4.96. The molecule has 0 aromatic carbocycles. The van der Waals surface area contributed by atoms with Crippen LogP contribution in [0.4, 0.5) is 5.82 Å². The summed E-state index contributed by atoms with van der Waals surface area (Å²) >= 11 is 1.49. The topological polar surface area (TPSA) is 78.9 Å². The number of methoxy groups -OCH3 is 1. The lowest BCUT2D eigenvalue weighted by molar-refractivity contribution is 0.177. The first-order chi connectivity index (χ1) is 8.17. The van der Waals surface area contributed by atoms with Crippen molar-refractivity contribution in [3.8, 4) is 0 Å². The molecule has 0 aliphatic heterocycles. The summed E-state index contributed by atoms with van der Waals surface area (Å²) in [6.45, 7) is 0.353. The number of nitrogens with zero attached hydrogens (tertiary/aromatic N) is 4. The fourth-order valence-corrected chi connectivity index (χ4v) is 2.19. The van der Waals surface area contributed by atoms with Gasteiger partial charge in [0.1, 0.15) is 17.5 Å². The second-order valence-corrected chi connectivity index (χ2v) is 4.53. The monoisotopic (exact) mass is 251 g/mol. The average Bonchev–Trinajstić information content (AvgIpc) is 2.63. The predicted octanol–water partition coefficient (Wildman–Crippen LogP) is 1.09. The van der Waals surface area contributed by atoms with Gasteiger partial charge in [-0.1, -0.05) is 11.8 Å². The molecular weight excluding hydrogens is 238 g/mol. The molecule has 7 heteroatoms. The Morgan fingerprint density at radius 2 is 2.29 bits per heavy atom. The quantitative estimate of drug-likeness (QED) is 0.819. The van der Waals surface area contributed by atoms with Crippen molar-refractivity contribution in [2.45, 2.75) is 16.5 Å². The van der Waals surface area contributed by atoms with Crippen LogP contribution < -0.4 is 5.73 Å². The second kappa shape index (κ2) is 5.15. The summed E-state index contributed by atoms with van der Waals surface area (Å²) < 4.78 is 6.72. The van der Waals surface area contributed by atoms with Crippen LogP contribution in [0.5, 0.6) is 0 Å². The van der Waals surface area contributed by atoms with E-state index in [9.17, 15) is 0 Å². The van der Waals surface area contributed by atoms with Crippen LogP contribution in [0.15, 0.2) is 28.4 Å². The molecule has 17 heavy (non-hydrogen) atoms. The number of hydrogen-bond donors (Lipinski definition) is 1. The summed E-state index contributed by atoms with van der Waals surface area (Å²) in [5, 5.41) is 4.88. The number of hydrogen-bond acceptors (Lipinski definition) is 6. The number of nitrogens with two attached hydrogens (primary N) is 1. The van der Waals surface area contributed by atoms with Gasteiger partial charge in [-0.05, 0) is 0 Å². The number of ether oxygens (including phenoxy) is 1. The van der Waals surface area contributed by atoms with E-state index in [0.717, 1.165) is 9.92 Å². The van der Waals surface area contributed by atoms with Crippen LogP contribution >= 0.6 is 11.8 Å². The van der Waals surface area contributed by atoms with E-state index >= 15 is 0 Å². The van der Waals surface area contributed by atoms with Gasteiger partial charge in [-0.3, -0.25) is 4.68 Å². The second-order valence-electron chi connectivity index (χ2n) is 3.43. The number of anilines is 1. The summed E-state index contributed by atoms with van der Waals surface area (Å²) in [7, 11) is 3.47. The first-order valence-corrected chi connectivity index (χ1v) is 5.78. The molecule has 0 aliphatic rings. The van der Waals surface area contributed by atoms with Crippen molar-refractivity contribution in [2.75, 3.05) is 12.8 Å². The Hall–Kier alpha value is -1.60. The highest BCUT2D eigenvalue weighted by Crippen LogP contribution is 2.26. The summed E-state index contributed by atoms with van der Waals surface area (Å²) in [5.41, 5.74) is 5.71. The molecule has 6 nitrogen and oxygen atoms in total. The van der Waals surface area contributed by atoms with Crippen molar-refractivity contribution in [3.63, 3.8) is 0 Å². The van der Waals surface area contributed by atoms with E-state index in [1.807, 2.05) is 13.2 Å². The molecule has 90 valence electrons. The molecular formula is C10H13N5OS. The third-order valence-corrected chi connectivity index (χ3v) is 2.81. The first kappa shape index (κ1) is 11.9. The van der Waals surface area contributed by atoms with Crippen molar-refractivity contribution >= 4 is 17.6 Å². The van der Waals surface area contributed by atoms with Crippen LogP contribution in [-0.2, 0) is 18.4 Å². The highest BCUT2D eigenvalue weighted by atomic mass is 32.2. The molecule has 0 bridgehead atoms. The molecule has 2 aromatic heterocycles. The van der Waals surface area contributed by atoms with Gasteiger partial charge in [0.2, 0.25) is 0 Å². The van der Waals surface area contributed by atoms with Gasteiger partial charge >= 0.3 is 0 Å². The molecule has 0 atom stereocenters. The molecule has 0 spiro atoms. The summed E-state index contributed by atoms with van der Waals surface area (Å²) in [6.07, 6.45) is 3.69. The summed E-state index contributed by atoms with van der Waals surface area (Å²) in [6, 6.07) is 1.73. The van der Waals surface area contributed by atoms with Gasteiger partial charge in [0, 0.05) is 26.4 Å². The van der Waals surface area contributed by atoms with Crippen molar-refractivity contribution in [2.24, 2.45) is 7.05 Å². The fraction of sp³-hybridized carbons (Fsp3) is 0.300. The Balaban J connectivity index is 2.20. The molecule has 2 heterocycles. The van der Waals surface area contributed by atoms with E-state index in [-0.39, 0.29) is 0 Å². The third kappa shape index (κ3) is 3.18. The minimum absolute atomic E-state index is 0.353. The Kier molecular flexibility index (Phi) is 3.60. The van der Waals surface area contributed by atoms with Gasteiger partial charge < -0.3 is 10.5 Å². The Labute approximate surface area is 103 Å². The van der Waals surface area contributed by atoms with Crippen LogP contribution in [0, 0.1) is 0 Å². The zero-order chi connectivity index (χ0) is 12.3. The lowest BCUT2D eigenvalue weighted by atomic mass is 10.5. The van der Waals surface area contributed by atoms with Gasteiger partial charge in [0.15, 0.2) is 5.82 Å². The SMILES string of the molecule is COCc1nc(N)cc(Sc2cnn(C)c2)n1. The maximum Gasteiger partial charge on any atom is 0.157 e. The molecule has 2 N–H and O–H groups in total. The van der Waals surface area contributed by atoms with Gasteiger partial charge in [-0.2, -0.15) is 5.10 Å². The molecule has 0 saturated carbocycles. The average molecular weight is 251 g/mol. The largest absolute Gasteiger partial charge is 0.384 e. The molecule has 0 aliphatic carbocycles. The van der Waals surface area contributed by atoms with Crippen LogP contribution in [0.25, 0.3) is 0 Å². The molecule has 0 radical (unpaired) electrons. The standard InChI is InChI=1S/C10H13N5OS/c1-15-5-7(4-12-15)17-10-3-8(11)13-9(14-10)6-16-2/h3-5H,6H2,1-2H3,(H2,11,13,14). The van der Waals surface area contributed by atoms with E-state index in [0.29, 0.717) is 18.2 Å². The number of aryl methyl sites for hydroxylation is 1. The lowest BCUT2D eigenvalue weighted by Gasteiger charge is -2.03. The highest BCUT2D eigenvalue weighted by Gasteiger charge is 2.05. The van der Waals surface area contributed by atoms with Crippen molar-refractivity contribution in [3.05, 3.63) is 24.3 Å². The molecule has 0 fully saturated rings. The van der Waals surface area contributed by atoms with Crippen molar-refractivity contribution in [1.29, 1.82) is 0 Å². The van der Waals surface area contributed by atoms with E-state index in [4.69, 9.17) is 10.5 Å². The minimum atomic E-state index is 0.353. The van der Waals surface area contributed by atoms with E-state index in [2.05, 4.69) is 15.1 Å². The minimum Gasteiger partial charge on any atom is -0.384 e. The van der Waals surface area contributed by atoms with E-state index in [1.165, 1.54) is 11.8 Å².